The van der Waals surface area contributed by atoms with Gasteiger partial charge >= 0.3 is 5.97 Å². The Hall–Kier alpha value is -0.530. The van der Waals surface area contributed by atoms with Crippen LogP contribution >= 0.6 is 0 Å². The largest absolute Gasteiger partial charge is 0.481 e. The topological polar surface area (TPSA) is 37.3 Å². The Morgan fingerprint density at radius 2 is 1.54 bits per heavy atom. The number of carbonyl (C=O) groups is 1. The third kappa shape index (κ3) is 9.69. The highest BCUT2D eigenvalue weighted by molar-refractivity contribution is 5.66. The first-order chi connectivity index (χ1) is 11.7. The molecule has 2 nitrogen and oxygen atoms in total. The molecule has 1 aliphatic rings. The van der Waals surface area contributed by atoms with Crippen LogP contribution in [0.4, 0.5) is 0 Å². The molecule has 1 N–H and O–H groups in total. The minimum absolute atomic E-state index is 0.350. The third-order valence-corrected chi connectivity index (χ3v) is 6.26. The van der Waals surface area contributed by atoms with Gasteiger partial charge < -0.3 is 5.11 Å². The van der Waals surface area contributed by atoms with Crippen LogP contribution in [0.1, 0.15) is 117 Å². The first-order valence-electron chi connectivity index (χ1n) is 10.9. The zero-order valence-electron chi connectivity index (χ0n) is 16.4. The molecule has 1 fully saturated rings. The van der Waals surface area contributed by atoms with Crippen LogP contribution in [0.2, 0.25) is 0 Å². The summed E-state index contributed by atoms with van der Waals surface area (Å²) in [5.41, 5.74) is 0. The molecule has 0 spiro atoms. The molecule has 2 heteroatoms. The van der Waals surface area contributed by atoms with Gasteiger partial charge in [0.25, 0.3) is 0 Å². The quantitative estimate of drug-likeness (QED) is 0.320. The van der Waals surface area contributed by atoms with Gasteiger partial charge in [-0.05, 0) is 24.2 Å². The number of carboxylic acids is 1. The third-order valence-electron chi connectivity index (χ3n) is 6.26. The predicted molar refractivity (Wildman–Crippen MR) is 103 cm³/mol. The monoisotopic (exact) mass is 338 g/mol. The van der Waals surface area contributed by atoms with Crippen LogP contribution in [-0.4, -0.2) is 11.1 Å². The Labute approximate surface area is 150 Å². The molecule has 0 radical (unpaired) electrons. The fraction of sp³-hybridized carbons (Fsp3) is 0.955. The summed E-state index contributed by atoms with van der Waals surface area (Å²) >= 11 is 0. The zero-order valence-corrected chi connectivity index (χ0v) is 16.4. The summed E-state index contributed by atoms with van der Waals surface area (Å²) in [5.74, 6) is 2.29. The van der Waals surface area contributed by atoms with Crippen molar-refractivity contribution in [2.75, 3.05) is 0 Å². The fourth-order valence-corrected chi connectivity index (χ4v) is 4.62. The number of carboxylic acid groups (broad SMARTS) is 1. The Morgan fingerprint density at radius 3 is 2.17 bits per heavy atom. The van der Waals surface area contributed by atoms with Crippen molar-refractivity contribution in [3.63, 3.8) is 0 Å². The van der Waals surface area contributed by atoms with Crippen molar-refractivity contribution in [2.24, 2.45) is 17.8 Å². The Balaban J connectivity index is 2.10. The van der Waals surface area contributed by atoms with E-state index >= 15 is 0 Å². The molecule has 0 bridgehead atoms. The first kappa shape index (κ1) is 21.5. The maximum atomic E-state index is 10.5. The summed E-state index contributed by atoms with van der Waals surface area (Å²) in [4.78, 5) is 10.5. The van der Waals surface area contributed by atoms with Gasteiger partial charge in [0.2, 0.25) is 0 Å². The molecule has 1 aliphatic carbocycles. The van der Waals surface area contributed by atoms with Gasteiger partial charge in [-0.1, -0.05) is 104 Å². The Morgan fingerprint density at radius 1 is 0.917 bits per heavy atom. The highest BCUT2D eigenvalue weighted by Gasteiger charge is 2.26. The van der Waals surface area contributed by atoms with Crippen LogP contribution in [0.3, 0.4) is 0 Å². The molecule has 1 saturated carbocycles. The van der Waals surface area contributed by atoms with E-state index in [-0.39, 0.29) is 0 Å². The van der Waals surface area contributed by atoms with Gasteiger partial charge in [-0.3, -0.25) is 4.79 Å². The Bertz CT molecular complexity index is 313. The van der Waals surface area contributed by atoms with Crippen LogP contribution in [0.5, 0.6) is 0 Å². The van der Waals surface area contributed by atoms with Gasteiger partial charge in [0.1, 0.15) is 0 Å². The van der Waals surface area contributed by atoms with Crippen molar-refractivity contribution >= 4 is 5.97 Å². The van der Waals surface area contributed by atoms with Crippen molar-refractivity contribution in [3.8, 4) is 0 Å². The minimum atomic E-state index is -0.643. The van der Waals surface area contributed by atoms with E-state index in [0.29, 0.717) is 6.42 Å². The van der Waals surface area contributed by atoms with E-state index in [1.54, 1.807) is 0 Å². The standard InChI is InChI=1S/C22H42O2/c1-3-5-12-19(4-2)13-10-15-21-17-11-16-20(21)14-8-6-7-9-18-22(23)24/h19-21H,3-18H2,1-2H3,(H,23,24)/t19?,20-,21-/m0/s1. The average molecular weight is 339 g/mol. The van der Waals surface area contributed by atoms with E-state index in [1.807, 2.05) is 0 Å². The molecule has 0 aromatic heterocycles. The summed E-state index contributed by atoms with van der Waals surface area (Å²) < 4.78 is 0. The molecule has 3 atom stereocenters. The van der Waals surface area contributed by atoms with Crippen LogP contribution in [0, 0.1) is 17.8 Å². The van der Waals surface area contributed by atoms with E-state index in [4.69, 9.17) is 5.11 Å². The molecule has 0 amide bonds. The SMILES string of the molecule is CCCCC(CC)CCC[C@H]1CCC[C@@H]1CCCCCCC(=O)O. The van der Waals surface area contributed by atoms with E-state index < -0.39 is 5.97 Å². The van der Waals surface area contributed by atoms with E-state index in [1.165, 1.54) is 83.5 Å². The molecule has 0 saturated heterocycles. The summed E-state index contributed by atoms with van der Waals surface area (Å²) in [6.45, 7) is 4.67. The summed E-state index contributed by atoms with van der Waals surface area (Å²) in [6, 6.07) is 0. The summed E-state index contributed by atoms with van der Waals surface area (Å²) in [5, 5.41) is 8.66. The molecule has 142 valence electrons. The number of hydrogen-bond acceptors (Lipinski definition) is 1. The zero-order chi connectivity index (χ0) is 17.6. The van der Waals surface area contributed by atoms with Gasteiger partial charge in [-0.15, -0.1) is 0 Å². The van der Waals surface area contributed by atoms with Gasteiger partial charge in [0.05, 0.1) is 0 Å². The minimum Gasteiger partial charge on any atom is -0.481 e. The molecular formula is C22H42O2. The smallest absolute Gasteiger partial charge is 0.303 e. The molecule has 1 unspecified atom stereocenters. The second-order valence-corrected chi connectivity index (χ2v) is 8.15. The normalized spacial score (nSPS) is 21.9. The van der Waals surface area contributed by atoms with E-state index in [9.17, 15) is 4.79 Å². The van der Waals surface area contributed by atoms with Gasteiger partial charge in [-0.25, -0.2) is 0 Å². The number of rotatable bonds is 15. The van der Waals surface area contributed by atoms with Crippen LogP contribution < -0.4 is 0 Å². The maximum Gasteiger partial charge on any atom is 0.303 e. The molecule has 0 aromatic rings. The van der Waals surface area contributed by atoms with Crippen LogP contribution in [0.15, 0.2) is 0 Å². The van der Waals surface area contributed by atoms with Crippen molar-refractivity contribution in [2.45, 2.75) is 117 Å². The number of hydrogen-bond donors (Lipinski definition) is 1. The predicted octanol–water partition coefficient (Wildman–Crippen LogP) is 7.21. The second kappa shape index (κ2) is 13.7. The van der Waals surface area contributed by atoms with E-state index in [2.05, 4.69) is 13.8 Å². The van der Waals surface area contributed by atoms with E-state index in [0.717, 1.165) is 30.6 Å². The highest BCUT2D eigenvalue weighted by atomic mass is 16.4. The van der Waals surface area contributed by atoms with Gasteiger partial charge in [-0.2, -0.15) is 0 Å². The summed E-state index contributed by atoms with van der Waals surface area (Å²) in [6.07, 6.45) is 20.5. The van der Waals surface area contributed by atoms with Gasteiger partial charge in [0, 0.05) is 6.42 Å². The van der Waals surface area contributed by atoms with Gasteiger partial charge in [0.15, 0.2) is 0 Å². The fourth-order valence-electron chi connectivity index (χ4n) is 4.62. The van der Waals surface area contributed by atoms with Crippen molar-refractivity contribution in [1.29, 1.82) is 0 Å². The Kier molecular flexibility index (Phi) is 12.3. The second-order valence-electron chi connectivity index (χ2n) is 8.15. The number of unbranched alkanes of at least 4 members (excludes halogenated alkanes) is 4. The molecule has 0 heterocycles. The van der Waals surface area contributed by atoms with Crippen molar-refractivity contribution in [1.82, 2.24) is 0 Å². The molecular weight excluding hydrogens is 296 g/mol. The maximum absolute atomic E-state index is 10.5. The lowest BCUT2D eigenvalue weighted by molar-refractivity contribution is -0.137. The lowest BCUT2D eigenvalue weighted by atomic mass is 9.85. The lowest BCUT2D eigenvalue weighted by Gasteiger charge is -2.21. The molecule has 0 aliphatic heterocycles. The molecule has 1 rings (SSSR count). The van der Waals surface area contributed by atoms with Crippen LogP contribution in [-0.2, 0) is 4.79 Å². The number of aliphatic carboxylic acids is 1. The highest BCUT2D eigenvalue weighted by Crippen LogP contribution is 2.39. The summed E-state index contributed by atoms with van der Waals surface area (Å²) in [7, 11) is 0. The molecule has 0 aromatic carbocycles. The first-order valence-corrected chi connectivity index (χ1v) is 10.9. The van der Waals surface area contributed by atoms with Crippen molar-refractivity contribution in [3.05, 3.63) is 0 Å². The average Bonchev–Trinajstić information content (AvgIpc) is 3.01. The molecule has 24 heavy (non-hydrogen) atoms. The lowest BCUT2D eigenvalue weighted by Crippen LogP contribution is -2.09. The van der Waals surface area contributed by atoms with Crippen LogP contribution in [0.25, 0.3) is 0 Å². The van der Waals surface area contributed by atoms with Crippen molar-refractivity contribution < 1.29 is 9.90 Å².